The van der Waals surface area contributed by atoms with Gasteiger partial charge in [0, 0.05) is 36.0 Å². The number of nitrogens with zero attached hydrogens (tertiary/aromatic N) is 4. The van der Waals surface area contributed by atoms with Gasteiger partial charge in [0.05, 0.1) is 6.42 Å². The minimum Gasteiger partial charge on any atom is -0.481 e. The topological polar surface area (TPSA) is 108 Å². The summed E-state index contributed by atoms with van der Waals surface area (Å²) in [6.07, 6.45) is 7.32. The lowest BCUT2D eigenvalue weighted by Crippen LogP contribution is -2.32. The van der Waals surface area contributed by atoms with E-state index in [4.69, 9.17) is 15.6 Å². The van der Waals surface area contributed by atoms with Gasteiger partial charge in [0.1, 0.15) is 17.2 Å². The molecule has 1 aliphatic carbocycles. The van der Waals surface area contributed by atoms with Crippen LogP contribution in [0, 0.1) is 22.7 Å². The van der Waals surface area contributed by atoms with E-state index in [0.717, 1.165) is 23.3 Å². The molecular formula is C28H26N4O3S. The van der Waals surface area contributed by atoms with Crippen molar-refractivity contribution in [3.8, 4) is 12.1 Å². The van der Waals surface area contributed by atoms with Gasteiger partial charge in [-0.3, -0.25) is 9.59 Å². The molecule has 0 spiro atoms. The minimum absolute atomic E-state index is 0.159. The minimum atomic E-state index is -1.10. The van der Waals surface area contributed by atoms with Gasteiger partial charge in [-0.15, -0.1) is 12.6 Å². The number of thiol groups is 1. The van der Waals surface area contributed by atoms with Crippen molar-refractivity contribution in [3.05, 3.63) is 76.3 Å². The Labute approximate surface area is 216 Å². The second-order valence-electron chi connectivity index (χ2n) is 8.87. The quantitative estimate of drug-likeness (QED) is 0.302. The van der Waals surface area contributed by atoms with Crippen LogP contribution in [0.2, 0.25) is 0 Å². The number of carboxylic acid groups (broad SMARTS) is 1. The molecule has 2 unspecified atom stereocenters. The van der Waals surface area contributed by atoms with E-state index in [1.807, 2.05) is 12.1 Å². The molecule has 1 amide bonds. The van der Waals surface area contributed by atoms with Crippen molar-refractivity contribution < 1.29 is 14.7 Å². The zero-order valence-corrected chi connectivity index (χ0v) is 20.6. The van der Waals surface area contributed by atoms with Gasteiger partial charge < -0.3 is 14.9 Å². The predicted molar refractivity (Wildman–Crippen MR) is 140 cm³/mol. The number of benzene rings is 2. The first-order valence-corrected chi connectivity index (χ1v) is 12.3. The van der Waals surface area contributed by atoms with Gasteiger partial charge in [-0.25, -0.2) is 0 Å². The number of para-hydroxylation sites is 1. The molecule has 1 saturated carbocycles. The number of amides is 1. The number of fused-ring (bicyclic) bond motifs is 3. The fourth-order valence-corrected chi connectivity index (χ4v) is 5.42. The maximum Gasteiger partial charge on any atom is 0.305 e. The zero-order chi connectivity index (χ0) is 25.7. The third-order valence-corrected chi connectivity index (χ3v) is 7.21. The van der Waals surface area contributed by atoms with Crippen LogP contribution in [0.5, 0.6) is 0 Å². The summed E-state index contributed by atoms with van der Waals surface area (Å²) in [4.78, 5) is 27.5. The Morgan fingerprint density at radius 1 is 1.11 bits per heavy atom. The first kappa shape index (κ1) is 25.1. The van der Waals surface area contributed by atoms with Crippen LogP contribution in [0.25, 0.3) is 6.08 Å². The normalized spacial score (nSPS) is 18.0. The number of carbonyl (C=O) groups is 2. The fraction of sp³-hybridized carbons (Fsp3) is 0.286. The molecule has 2 atom stereocenters. The van der Waals surface area contributed by atoms with E-state index in [1.165, 1.54) is 35.9 Å². The van der Waals surface area contributed by atoms with Crippen molar-refractivity contribution >= 4 is 42.0 Å². The molecule has 0 radical (unpaired) electrons. The summed E-state index contributed by atoms with van der Waals surface area (Å²) in [5.74, 6) is -1.23. The van der Waals surface area contributed by atoms with E-state index in [0.29, 0.717) is 12.0 Å². The maximum absolute atomic E-state index is 12.9. The molecule has 2 aromatic rings. The lowest BCUT2D eigenvalue weighted by atomic mass is 9.82. The molecule has 7 nitrogen and oxygen atoms in total. The summed E-state index contributed by atoms with van der Waals surface area (Å²) >= 11 is 4.16. The maximum atomic E-state index is 12.9. The van der Waals surface area contributed by atoms with Crippen LogP contribution in [0.3, 0.4) is 0 Å². The average Bonchev–Trinajstić information content (AvgIpc) is 3.22. The predicted octanol–water partition coefficient (Wildman–Crippen LogP) is 5.37. The molecule has 1 fully saturated rings. The molecule has 0 aromatic heterocycles. The summed E-state index contributed by atoms with van der Waals surface area (Å²) in [6.45, 7) is -0.204. The van der Waals surface area contributed by atoms with E-state index in [1.54, 1.807) is 18.2 Å². The molecular weight excluding hydrogens is 472 g/mol. The number of anilines is 2. The van der Waals surface area contributed by atoms with Crippen molar-refractivity contribution in [1.82, 2.24) is 4.90 Å². The highest BCUT2D eigenvalue weighted by Crippen LogP contribution is 2.51. The number of aliphatic carboxylic acids is 1. The monoisotopic (exact) mass is 498 g/mol. The van der Waals surface area contributed by atoms with Gasteiger partial charge in [0.25, 0.3) is 5.91 Å². The van der Waals surface area contributed by atoms with Gasteiger partial charge in [0.15, 0.2) is 5.57 Å². The highest BCUT2D eigenvalue weighted by molar-refractivity contribution is 7.84. The molecule has 1 aliphatic heterocycles. The van der Waals surface area contributed by atoms with Crippen LogP contribution in [-0.4, -0.2) is 34.5 Å². The van der Waals surface area contributed by atoms with Crippen LogP contribution < -0.4 is 4.90 Å². The third kappa shape index (κ3) is 5.15. The molecule has 2 aromatic carbocycles. The molecule has 0 saturated heterocycles. The number of carboxylic acids is 1. The summed E-state index contributed by atoms with van der Waals surface area (Å²) in [7, 11) is 0. The van der Waals surface area contributed by atoms with Crippen molar-refractivity contribution in [2.45, 2.75) is 44.1 Å². The van der Waals surface area contributed by atoms with Crippen LogP contribution >= 0.6 is 12.6 Å². The number of nitriles is 2. The number of rotatable bonds is 7. The lowest BCUT2D eigenvalue weighted by Gasteiger charge is -2.33. The molecule has 36 heavy (non-hydrogen) atoms. The zero-order valence-electron chi connectivity index (χ0n) is 19.7. The second kappa shape index (κ2) is 11.2. The van der Waals surface area contributed by atoms with E-state index >= 15 is 0 Å². The van der Waals surface area contributed by atoms with Crippen molar-refractivity contribution in [3.63, 3.8) is 0 Å². The third-order valence-electron chi connectivity index (χ3n) is 6.74. The summed E-state index contributed by atoms with van der Waals surface area (Å²) in [5, 5.41) is 27.2. The Balaban J connectivity index is 1.62. The molecule has 0 bridgehead atoms. The number of hydrogen-bond acceptors (Lipinski definition) is 6. The van der Waals surface area contributed by atoms with E-state index in [-0.39, 0.29) is 23.6 Å². The summed E-state index contributed by atoms with van der Waals surface area (Å²) < 4.78 is 0. The lowest BCUT2D eigenvalue weighted by molar-refractivity contribution is -0.137. The van der Waals surface area contributed by atoms with Gasteiger partial charge in [-0.2, -0.15) is 10.5 Å². The number of carbonyl (C=O) groups excluding carboxylic acids is 1. The SMILES string of the molecule is N#CC(C#N)=C(S)N(CCC(=O)O)C(=O)/C=C/c1ccc2c(c1)C1CCCCC1N2c1ccccc1. The Morgan fingerprint density at radius 2 is 1.83 bits per heavy atom. The largest absolute Gasteiger partial charge is 0.481 e. The van der Waals surface area contributed by atoms with Gasteiger partial charge >= 0.3 is 5.97 Å². The van der Waals surface area contributed by atoms with Crippen LogP contribution in [-0.2, 0) is 9.59 Å². The van der Waals surface area contributed by atoms with E-state index in [9.17, 15) is 9.59 Å². The van der Waals surface area contributed by atoms with Crippen molar-refractivity contribution in [1.29, 1.82) is 10.5 Å². The first-order chi connectivity index (χ1) is 17.4. The van der Waals surface area contributed by atoms with Crippen molar-refractivity contribution in [2.24, 2.45) is 0 Å². The molecule has 1 N–H and O–H groups in total. The molecule has 8 heteroatoms. The Morgan fingerprint density at radius 3 is 2.53 bits per heavy atom. The smallest absolute Gasteiger partial charge is 0.305 e. The molecule has 2 aliphatic rings. The van der Waals surface area contributed by atoms with Gasteiger partial charge in [0.2, 0.25) is 0 Å². The Hall–Kier alpha value is -4.01. The molecule has 4 rings (SSSR count). The van der Waals surface area contributed by atoms with Gasteiger partial charge in [-0.05, 0) is 54.3 Å². The fourth-order valence-electron chi connectivity index (χ4n) is 5.12. The van der Waals surface area contributed by atoms with Crippen molar-refractivity contribution in [2.75, 3.05) is 11.4 Å². The van der Waals surface area contributed by atoms with Crippen LogP contribution in [0.15, 0.2) is 65.2 Å². The Bertz CT molecular complexity index is 1290. The highest BCUT2D eigenvalue weighted by Gasteiger charge is 2.40. The summed E-state index contributed by atoms with van der Waals surface area (Å²) in [6, 6.07) is 20.4. The number of allylic oxidation sites excluding steroid dienone is 1. The summed E-state index contributed by atoms with van der Waals surface area (Å²) in [5.41, 5.74) is 4.14. The highest BCUT2D eigenvalue weighted by atomic mass is 32.1. The Kier molecular flexibility index (Phi) is 7.77. The molecule has 182 valence electrons. The second-order valence-corrected chi connectivity index (χ2v) is 9.29. The van der Waals surface area contributed by atoms with Gasteiger partial charge in [-0.1, -0.05) is 37.1 Å². The average molecular weight is 499 g/mol. The number of hydrogen-bond donors (Lipinski definition) is 2. The van der Waals surface area contributed by atoms with Crippen LogP contribution in [0.4, 0.5) is 11.4 Å². The standard InChI is InChI=1S/C28H26N4O3S/c29-17-20(18-30)28(36)31(15-14-27(34)35)26(33)13-11-19-10-12-25-23(16-19)22-8-4-5-9-24(22)32(25)21-6-2-1-3-7-21/h1-3,6-7,10-13,16,22,24,36H,4-5,8-9,14-15H2,(H,34,35)/b13-11+. The first-order valence-electron chi connectivity index (χ1n) is 11.9. The molecule has 1 heterocycles. The van der Waals surface area contributed by atoms with E-state index < -0.39 is 11.9 Å². The van der Waals surface area contributed by atoms with E-state index in [2.05, 4.69) is 53.9 Å². The van der Waals surface area contributed by atoms with Crippen LogP contribution in [0.1, 0.15) is 49.1 Å².